The molecule has 0 aromatic carbocycles. The van der Waals surface area contributed by atoms with Gasteiger partial charge in [0.05, 0.1) is 13.1 Å². The number of rotatable bonds is 6. The Morgan fingerprint density at radius 1 is 1.33 bits per heavy atom. The maximum atomic E-state index is 11.8. The maximum Gasteiger partial charge on any atom is 0.405 e. The lowest BCUT2D eigenvalue weighted by Crippen LogP contribution is -2.44. The molecule has 2 amide bonds. The Kier molecular flexibility index (Phi) is 4.94. The molecule has 1 rings (SSSR count). The Labute approximate surface area is 103 Å². The molecular formula is C10H16F3N3O2. The van der Waals surface area contributed by atoms with Crippen LogP contribution >= 0.6 is 0 Å². The summed E-state index contributed by atoms with van der Waals surface area (Å²) in [6.07, 6.45) is -2.38. The van der Waals surface area contributed by atoms with Crippen molar-refractivity contribution in [2.24, 2.45) is 0 Å². The van der Waals surface area contributed by atoms with Gasteiger partial charge >= 0.3 is 6.18 Å². The topological polar surface area (TPSA) is 61.4 Å². The average Bonchev–Trinajstić information content (AvgIpc) is 3.05. The van der Waals surface area contributed by atoms with E-state index in [4.69, 9.17) is 0 Å². The number of nitrogens with one attached hydrogen (secondary N) is 2. The first-order valence-corrected chi connectivity index (χ1v) is 5.59. The fourth-order valence-electron chi connectivity index (χ4n) is 1.21. The van der Waals surface area contributed by atoms with E-state index in [2.05, 4.69) is 5.32 Å². The van der Waals surface area contributed by atoms with Gasteiger partial charge in [-0.25, -0.2) is 0 Å². The molecule has 8 heteroatoms. The smallest absolute Gasteiger partial charge is 0.345 e. The van der Waals surface area contributed by atoms with Crippen LogP contribution in [0.5, 0.6) is 0 Å². The van der Waals surface area contributed by atoms with Gasteiger partial charge in [0.1, 0.15) is 6.54 Å². The van der Waals surface area contributed by atoms with Crippen molar-refractivity contribution in [2.75, 3.05) is 26.7 Å². The van der Waals surface area contributed by atoms with Crippen molar-refractivity contribution < 1.29 is 22.8 Å². The third-order valence-corrected chi connectivity index (χ3v) is 2.41. The van der Waals surface area contributed by atoms with Crippen LogP contribution in [-0.2, 0) is 9.59 Å². The summed E-state index contributed by atoms with van der Waals surface area (Å²) in [6.45, 7) is -1.65. The molecule has 0 unspecified atom stereocenters. The Bertz CT molecular complexity index is 316. The lowest BCUT2D eigenvalue weighted by Gasteiger charge is -2.17. The van der Waals surface area contributed by atoms with E-state index in [0.717, 1.165) is 17.7 Å². The van der Waals surface area contributed by atoms with Gasteiger partial charge < -0.3 is 15.5 Å². The van der Waals surface area contributed by atoms with Crippen LogP contribution < -0.4 is 10.6 Å². The van der Waals surface area contributed by atoms with Gasteiger partial charge in [-0.2, -0.15) is 13.2 Å². The minimum Gasteiger partial charge on any atom is -0.345 e. The zero-order chi connectivity index (χ0) is 13.8. The number of carbonyl (C=O) groups is 2. The third kappa shape index (κ3) is 6.43. The van der Waals surface area contributed by atoms with Crippen molar-refractivity contribution >= 4 is 11.8 Å². The molecule has 104 valence electrons. The van der Waals surface area contributed by atoms with Crippen LogP contribution in [0.4, 0.5) is 13.2 Å². The van der Waals surface area contributed by atoms with Gasteiger partial charge in [-0.05, 0) is 12.8 Å². The second-order valence-electron chi connectivity index (χ2n) is 4.30. The molecule has 18 heavy (non-hydrogen) atoms. The number of amides is 2. The molecule has 0 aliphatic heterocycles. The molecule has 1 aliphatic rings. The van der Waals surface area contributed by atoms with Gasteiger partial charge in [-0.15, -0.1) is 0 Å². The summed E-state index contributed by atoms with van der Waals surface area (Å²) in [6, 6.07) is 0.362. The monoisotopic (exact) mass is 267 g/mol. The molecular weight excluding hydrogens is 251 g/mol. The van der Waals surface area contributed by atoms with Crippen LogP contribution in [0.3, 0.4) is 0 Å². The van der Waals surface area contributed by atoms with E-state index < -0.39 is 18.6 Å². The highest BCUT2D eigenvalue weighted by atomic mass is 19.4. The zero-order valence-electron chi connectivity index (χ0n) is 10.0. The van der Waals surface area contributed by atoms with E-state index in [1.54, 1.807) is 5.32 Å². The number of halogens is 3. The van der Waals surface area contributed by atoms with Gasteiger partial charge in [0.15, 0.2) is 0 Å². The minimum atomic E-state index is -4.44. The van der Waals surface area contributed by atoms with Crippen molar-refractivity contribution in [1.29, 1.82) is 0 Å². The second-order valence-corrected chi connectivity index (χ2v) is 4.30. The molecule has 0 bridgehead atoms. The average molecular weight is 267 g/mol. The molecule has 1 saturated carbocycles. The van der Waals surface area contributed by atoms with Crippen LogP contribution in [0.2, 0.25) is 0 Å². The first-order valence-electron chi connectivity index (χ1n) is 5.59. The van der Waals surface area contributed by atoms with Gasteiger partial charge in [0.2, 0.25) is 11.8 Å². The summed E-state index contributed by atoms with van der Waals surface area (Å²) >= 11 is 0. The molecule has 0 saturated heterocycles. The molecule has 0 heterocycles. The highest BCUT2D eigenvalue weighted by Gasteiger charge is 2.28. The van der Waals surface area contributed by atoms with Gasteiger partial charge in [-0.1, -0.05) is 0 Å². The lowest BCUT2D eigenvalue weighted by atomic mass is 10.4. The molecule has 5 nitrogen and oxygen atoms in total. The summed E-state index contributed by atoms with van der Waals surface area (Å²) in [5.41, 5.74) is 0. The third-order valence-electron chi connectivity index (χ3n) is 2.41. The van der Waals surface area contributed by atoms with Crippen molar-refractivity contribution in [2.45, 2.75) is 25.1 Å². The SMILES string of the molecule is CN(CC(=O)NCC(F)(F)F)C(=O)CNC1CC1. The molecule has 1 fully saturated rings. The molecule has 0 aromatic rings. The molecule has 1 aliphatic carbocycles. The predicted molar refractivity (Wildman–Crippen MR) is 57.7 cm³/mol. The van der Waals surface area contributed by atoms with E-state index in [1.807, 2.05) is 0 Å². The highest BCUT2D eigenvalue weighted by Crippen LogP contribution is 2.18. The zero-order valence-corrected chi connectivity index (χ0v) is 10.0. The largest absolute Gasteiger partial charge is 0.405 e. The normalized spacial score (nSPS) is 15.3. The van der Waals surface area contributed by atoms with Crippen molar-refractivity contribution in [3.8, 4) is 0 Å². The summed E-state index contributed by atoms with van der Waals surface area (Å²) in [5, 5.41) is 4.67. The number of hydrogen-bond donors (Lipinski definition) is 2. The van der Waals surface area contributed by atoms with Crippen molar-refractivity contribution in [3.05, 3.63) is 0 Å². The van der Waals surface area contributed by atoms with E-state index in [-0.39, 0.29) is 19.0 Å². The van der Waals surface area contributed by atoms with Crippen LogP contribution in [0, 0.1) is 0 Å². The summed E-state index contributed by atoms with van der Waals surface area (Å²) < 4.78 is 35.5. The summed E-state index contributed by atoms with van der Waals surface area (Å²) in [5.74, 6) is -1.14. The van der Waals surface area contributed by atoms with E-state index in [1.165, 1.54) is 7.05 Å². The predicted octanol–water partition coefficient (Wildman–Crippen LogP) is -0.125. The van der Waals surface area contributed by atoms with Gasteiger partial charge in [-0.3, -0.25) is 9.59 Å². The first kappa shape index (κ1) is 14.7. The Hall–Kier alpha value is -1.31. The van der Waals surface area contributed by atoms with Gasteiger partial charge in [0.25, 0.3) is 0 Å². The number of hydrogen-bond acceptors (Lipinski definition) is 3. The van der Waals surface area contributed by atoms with Gasteiger partial charge in [0, 0.05) is 13.1 Å². The van der Waals surface area contributed by atoms with Crippen LogP contribution in [0.1, 0.15) is 12.8 Å². The fourth-order valence-corrected chi connectivity index (χ4v) is 1.21. The number of carbonyl (C=O) groups excluding carboxylic acids is 2. The van der Waals surface area contributed by atoms with Crippen LogP contribution in [0.15, 0.2) is 0 Å². The Morgan fingerprint density at radius 2 is 1.94 bits per heavy atom. The minimum absolute atomic E-state index is 0.105. The van der Waals surface area contributed by atoms with E-state index in [0.29, 0.717) is 6.04 Å². The molecule has 0 radical (unpaired) electrons. The molecule has 0 aromatic heterocycles. The van der Waals surface area contributed by atoms with Crippen molar-refractivity contribution in [3.63, 3.8) is 0 Å². The lowest BCUT2D eigenvalue weighted by molar-refractivity contribution is -0.141. The first-order chi connectivity index (χ1) is 8.28. The fraction of sp³-hybridized carbons (Fsp3) is 0.800. The maximum absolute atomic E-state index is 11.8. The number of alkyl halides is 3. The van der Waals surface area contributed by atoms with Crippen LogP contribution in [0.25, 0.3) is 0 Å². The molecule has 2 N–H and O–H groups in total. The quantitative estimate of drug-likeness (QED) is 0.705. The number of likely N-dealkylation sites (N-methyl/N-ethyl adjacent to an activating group) is 1. The summed E-state index contributed by atoms with van der Waals surface area (Å²) in [4.78, 5) is 23.7. The molecule has 0 atom stereocenters. The Balaban J connectivity index is 2.18. The van der Waals surface area contributed by atoms with Crippen molar-refractivity contribution in [1.82, 2.24) is 15.5 Å². The number of nitrogens with zero attached hydrogens (tertiary/aromatic N) is 1. The second kappa shape index (κ2) is 6.03. The van der Waals surface area contributed by atoms with E-state index in [9.17, 15) is 22.8 Å². The summed E-state index contributed by atoms with van der Waals surface area (Å²) in [7, 11) is 1.38. The standard InChI is InChI=1S/C10H16F3N3O2/c1-16(9(18)4-14-7-2-3-7)5-8(17)15-6-10(11,12)13/h7,14H,2-6H2,1H3,(H,15,17). The van der Waals surface area contributed by atoms with Crippen LogP contribution in [-0.4, -0.2) is 55.6 Å². The Morgan fingerprint density at radius 3 is 2.44 bits per heavy atom. The highest BCUT2D eigenvalue weighted by molar-refractivity contribution is 5.85. The molecule has 0 spiro atoms. The van der Waals surface area contributed by atoms with E-state index >= 15 is 0 Å².